The van der Waals surface area contributed by atoms with Crippen molar-refractivity contribution >= 4 is 16.8 Å². The normalized spacial score (nSPS) is 10.6. The summed E-state index contributed by atoms with van der Waals surface area (Å²) in [7, 11) is 0. The molecule has 0 radical (unpaired) electrons. The van der Waals surface area contributed by atoms with Gasteiger partial charge in [-0.25, -0.2) is 0 Å². The van der Waals surface area contributed by atoms with E-state index in [1.165, 1.54) is 6.07 Å². The molecule has 1 aromatic carbocycles. The Morgan fingerprint density at radius 1 is 1.27 bits per heavy atom. The molecule has 0 bridgehead atoms. The SMILES string of the molecule is Cc1cc(=O)c2cc(C(=O)NCc3cccnc3)ccc2[nH]1. The van der Waals surface area contributed by atoms with Crippen molar-refractivity contribution in [3.63, 3.8) is 0 Å². The van der Waals surface area contributed by atoms with Gasteiger partial charge in [0.2, 0.25) is 0 Å². The maximum atomic E-state index is 12.2. The second kappa shape index (κ2) is 5.81. The van der Waals surface area contributed by atoms with Gasteiger partial charge < -0.3 is 10.3 Å². The first-order chi connectivity index (χ1) is 10.6. The molecular formula is C17H15N3O2. The molecule has 0 unspecified atom stereocenters. The first-order valence-corrected chi connectivity index (χ1v) is 6.94. The van der Waals surface area contributed by atoms with Crippen molar-refractivity contribution in [2.75, 3.05) is 0 Å². The molecule has 0 fully saturated rings. The highest BCUT2D eigenvalue weighted by Gasteiger charge is 2.08. The third kappa shape index (κ3) is 2.88. The molecule has 2 heterocycles. The van der Waals surface area contributed by atoms with Crippen LogP contribution in [-0.2, 0) is 6.54 Å². The second-order valence-electron chi connectivity index (χ2n) is 5.12. The smallest absolute Gasteiger partial charge is 0.251 e. The first-order valence-electron chi connectivity index (χ1n) is 6.94. The third-order valence-electron chi connectivity index (χ3n) is 3.40. The number of carbonyl (C=O) groups is 1. The van der Waals surface area contributed by atoms with Gasteiger partial charge in [-0.15, -0.1) is 0 Å². The summed E-state index contributed by atoms with van der Waals surface area (Å²) in [6, 6.07) is 10.3. The lowest BCUT2D eigenvalue weighted by Crippen LogP contribution is -2.23. The van der Waals surface area contributed by atoms with E-state index in [1.54, 1.807) is 30.6 Å². The largest absolute Gasteiger partial charge is 0.358 e. The Balaban J connectivity index is 1.84. The van der Waals surface area contributed by atoms with E-state index < -0.39 is 0 Å². The van der Waals surface area contributed by atoms with Gasteiger partial charge >= 0.3 is 0 Å². The number of aromatic nitrogens is 2. The van der Waals surface area contributed by atoms with Crippen LogP contribution in [-0.4, -0.2) is 15.9 Å². The number of nitrogens with zero attached hydrogens (tertiary/aromatic N) is 1. The molecule has 22 heavy (non-hydrogen) atoms. The van der Waals surface area contributed by atoms with Crippen molar-refractivity contribution in [3.8, 4) is 0 Å². The van der Waals surface area contributed by atoms with Gasteiger partial charge in [-0.05, 0) is 36.8 Å². The van der Waals surface area contributed by atoms with E-state index in [4.69, 9.17) is 0 Å². The Kier molecular flexibility index (Phi) is 3.70. The molecule has 5 heteroatoms. The van der Waals surface area contributed by atoms with Gasteiger partial charge in [0, 0.05) is 47.2 Å². The Labute approximate surface area is 127 Å². The highest BCUT2D eigenvalue weighted by atomic mass is 16.1. The minimum absolute atomic E-state index is 0.0897. The monoisotopic (exact) mass is 293 g/mol. The van der Waals surface area contributed by atoms with Gasteiger partial charge in [0.05, 0.1) is 0 Å². The van der Waals surface area contributed by atoms with E-state index in [0.29, 0.717) is 17.5 Å². The Morgan fingerprint density at radius 3 is 2.91 bits per heavy atom. The van der Waals surface area contributed by atoms with E-state index in [9.17, 15) is 9.59 Å². The summed E-state index contributed by atoms with van der Waals surface area (Å²) in [5.41, 5.74) is 2.82. The highest BCUT2D eigenvalue weighted by molar-refractivity contribution is 5.97. The summed E-state index contributed by atoms with van der Waals surface area (Å²) < 4.78 is 0. The number of fused-ring (bicyclic) bond motifs is 1. The molecule has 0 saturated heterocycles. The van der Waals surface area contributed by atoms with E-state index in [0.717, 1.165) is 16.8 Å². The van der Waals surface area contributed by atoms with Crippen molar-refractivity contribution in [2.24, 2.45) is 0 Å². The van der Waals surface area contributed by atoms with Gasteiger partial charge in [-0.3, -0.25) is 14.6 Å². The summed E-state index contributed by atoms with van der Waals surface area (Å²) in [6.45, 7) is 2.23. The van der Waals surface area contributed by atoms with Gasteiger partial charge in [-0.2, -0.15) is 0 Å². The zero-order valence-corrected chi connectivity index (χ0v) is 12.1. The van der Waals surface area contributed by atoms with Crippen molar-refractivity contribution in [1.29, 1.82) is 0 Å². The number of carbonyl (C=O) groups excluding carboxylic acids is 1. The molecule has 2 N–H and O–H groups in total. The fourth-order valence-electron chi connectivity index (χ4n) is 2.31. The van der Waals surface area contributed by atoms with Crippen LogP contribution in [0.4, 0.5) is 0 Å². The predicted molar refractivity (Wildman–Crippen MR) is 84.7 cm³/mol. The first kappa shape index (κ1) is 14.0. The summed E-state index contributed by atoms with van der Waals surface area (Å²) in [6.07, 6.45) is 3.39. The van der Waals surface area contributed by atoms with E-state index >= 15 is 0 Å². The molecule has 0 aliphatic heterocycles. The van der Waals surface area contributed by atoms with E-state index in [-0.39, 0.29) is 11.3 Å². The number of benzene rings is 1. The van der Waals surface area contributed by atoms with Gasteiger partial charge in [0.25, 0.3) is 5.91 Å². The maximum Gasteiger partial charge on any atom is 0.251 e. The fourth-order valence-corrected chi connectivity index (χ4v) is 2.31. The Hall–Kier alpha value is -2.95. The summed E-state index contributed by atoms with van der Waals surface area (Å²) in [5.74, 6) is -0.217. The van der Waals surface area contributed by atoms with E-state index in [1.807, 2.05) is 19.1 Å². The van der Waals surface area contributed by atoms with Crippen molar-refractivity contribution in [2.45, 2.75) is 13.5 Å². The zero-order chi connectivity index (χ0) is 15.5. The maximum absolute atomic E-state index is 12.2. The quantitative estimate of drug-likeness (QED) is 0.777. The number of hydrogen-bond donors (Lipinski definition) is 2. The number of aryl methyl sites for hydroxylation is 1. The minimum Gasteiger partial charge on any atom is -0.358 e. The number of rotatable bonds is 3. The van der Waals surface area contributed by atoms with Gasteiger partial charge in [0.1, 0.15) is 0 Å². The van der Waals surface area contributed by atoms with E-state index in [2.05, 4.69) is 15.3 Å². The molecule has 5 nitrogen and oxygen atoms in total. The highest BCUT2D eigenvalue weighted by Crippen LogP contribution is 2.11. The molecule has 0 saturated carbocycles. The van der Waals surface area contributed by atoms with Crippen LogP contribution in [0.25, 0.3) is 10.9 Å². The van der Waals surface area contributed by atoms with Crippen molar-refractivity contribution in [1.82, 2.24) is 15.3 Å². The number of nitrogens with one attached hydrogen (secondary N) is 2. The molecule has 0 atom stereocenters. The predicted octanol–water partition coefficient (Wildman–Crippen LogP) is 2.16. The van der Waals surface area contributed by atoms with Gasteiger partial charge in [-0.1, -0.05) is 6.07 Å². The number of H-pyrrole nitrogens is 1. The molecule has 3 rings (SSSR count). The second-order valence-corrected chi connectivity index (χ2v) is 5.12. The lowest BCUT2D eigenvalue weighted by Gasteiger charge is -2.06. The average Bonchev–Trinajstić information content (AvgIpc) is 2.53. The van der Waals surface area contributed by atoms with Crippen molar-refractivity contribution in [3.05, 3.63) is 75.8 Å². The van der Waals surface area contributed by atoms with Crippen LogP contribution in [0.15, 0.2) is 53.6 Å². The molecule has 3 aromatic rings. The van der Waals surface area contributed by atoms with Crippen LogP contribution in [0.3, 0.4) is 0 Å². The van der Waals surface area contributed by atoms with Crippen LogP contribution < -0.4 is 10.7 Å². The average molecular weight is 293 g/mol. The molecule has 0 spiro atoms. The molecule has 2 aromatic heterocycles. The molecular weight excluding hydrogens is 278 g/mol. The molecule has 0 aliphatic rings. The number of aromatic amines is 1. The topological polar surface area (TPSA) is 74.8 Å². The molecule has 1 amide bonds. The number of hydrogen-bond acceptors (Lipinski definition) is 3. The molecule has 110 valence electrons. The minimum atomic E-state index is -0.217. The summed E-state index contributed by atoms with van der Waals surface area (Å²) in [4.78, 5) is 31.3. The van der Waals surface area contributed by atoms with Crippen LogP contribution in [0, 0.1) is 6.92 Å². The third-order valence-corrected chi connectivity index (χ3v) is 3.40. The fraction of sp³-hybridized carbons (Fsp3) is 0.118. The van der Waals surface area contributed by atoms with Gasteiger partial charge in [0.15, 0.2) is 5.43 Å². The Bertz CT molecular complexity index is 885. The lowest BCUT2D eigenvalue weighted by atomic mass is 10.1. The lowest BCUT2D eigenvalue weighted by molar-refractivity contribution is 0.0951. The number of amides is 1. The summed E-state index contributed by atoms with van der Waals surface area (Å²) >= 11 is 0. The summed E-state index contributed by atoms with van der Waals surface area (Å²) in [5, 5.41) is 3.33. The van der Waals surface area contributed by atoms with Crippen molar-refractivity contribution < 1.29 is 4.79 Å². The Morgan fingerprint density at radius 2 is 2.14 bits per heavy atom. The van der Waals surface area contributed by atoms with Crippen LogP contribution in [0.5, 0.6) is 0 Å². The standard InChI is InChI=1S/C17H15N3O2/c1-11-7-16(21)14-8-13(4-5-15(14)20-11)17(22)19-10-12-3-2-6-18-9-12/h2-9H,10H2,1H3,(H,19,22)(H,20,21). The zero-order valence-electron chi connectivity index (χ0n) is 12.1. The van der Waals surface area contributed by atoms with Crippen LogP contribution >= 0.6 is 0 Å². The number of pyridine rings is 2. The molecule has 0 aliphatic carbocycles. The van der Waals surface area contributed by atoms with Crippen LogP contribution in [0.2, 0.25) is 0 Å². The van der Waals surface area contributed by atoms with Crippen LogP contribution in [0.1, 0.15) is 21.6 Å².